The van der Waals surface area contributed by atoms with Crippen molar-refractivity contribution >= 4 is 11.4 Å². The van der Waals surface area contributed by atoms with Gasteiger partial charge < -0.3 is 4.79 Å². The third-order valence-corrected chi connectivity index (χ3v) is 3.29. The molecule has 1 radical (unpaired) electrons. The number of carbonyl (C=O) groups is 1. The summed E-state index contributed by atoms with van der Waals surface area (Å²) in [6.07, 6.45) is 4.33. The van der Waals surface area contributed by atoms with E-state index in [1.807, 2.05) is 19.9 Å². The predicted octanol–water partition coefficient (Wildman–Crippen LogP) is 4.46. The fourth-order valence-electron chi connectivity index (χ4n) is 2.07. The van der Waals surface area contributed by atoms with Gasteiger partial charge in [-0.3, -0.25) is 0 Å². The van der Waals surface area contributed by atoms with Crippen LogP contribution in [0.4, 0.5) is 0 Å². The van der Waals surface area contributed by atoms with Gasteiger partial charge in [0.1, 0.15) is 0 Å². The summed E-state index contributed by atoms with van der Waals surface area (Å²) >= 11 is 0. The molecule has 2 rings (SSSR count). The number of rotatable bonds is 5. The van der Waals surface area contributed by atoms with Crippen LogP contribution in [-0.4, -0.2) is 5.78 Å². The number of carbonyl (C=O) groups excluding carboxylic acids is 1. The van der Waals surface area contributed by atoms with Crippen LogP contribution in [0, 0.1) is 6.08 Å². The fraction of sp³-hybridized carbons (Fsp3) is 0.211. The molecule has 0 bridgehead atoms. The summed E-state index contributed by atoms with van der Waals surface area (Å²) in [6, 6.07) is 18.8. The normalized spacial score (nSPS) is 10.9. The van der Waals surface area contributed by atoms with Crippen LogP contribution in [0.2, 0.25) is 0 Å². The summed E-state index contributed by atoms with van der Waals surface area (Å²) in [6.45, 7) is 3.78. The molecule has 0 aliphatic rings. The van der Waals surface area contributed by atoms with Gasteiger partial charge >= 0.3 is 0 Å². The zero-order valence-electron chi connectivity index (χ0n) is 12.6. The molecule has 0 spiro atoms. The Kier molecular flexibility index (Phi) is 7.78. The third-order valence-electron chi connectivity index (χ3n) is 3.29. The van der Waals surface area contributed by atoms with Crippen LogP contribution in [0.1, 0.15) is 37.0 Å². The molecule has 0 aliphatic heterocycles. The molecule has 0 amide bonds. The van der Waals surface area contributed by atoms with E-state index in [0.717, 1.165) is 17.6 Å². The van der Waals surface area contributed by atoms with E-state index in [-0.39, 0.29) is 38.5 Å². The van der Waals surface area contributed by atoms with E-state index in [1.165, 1.54) is 11.1 Å². The van der Waals surface area contributed by atoms with Crippen molar-refractivity contribution in [3.63, 3.8) is 0 Å². The Labute approximate surface area is 152 Å². The third kappa shape index (κ3) is 5.69. The van der Waals surface area contributed by atoms with Crippen LogP contribution in [0.25, 0.3) is 5.57 Å². The first-order valence-electron chi connectivity index (χ1n) is 6.95. The van der Waals surface area contributed by atoms with Crippen LogP contribution in [-0.2, 0) is 43.9 Å². The second-order valence-electron chi connectivity index (χ2n) is 4.89. The Bertz CT molecular complexity index is 597. The largest absolute Gasteiger partial charge is 0.317 e. The van der Waals surface area contributed by atoms with Crippen molar-refractivity contribution in [1.82, 2.24) is 0 Å². The van der Waals surface area contributed by atoms with E-state index in [1.54, 1.807) is 0 Å². The minimum atomic E-state index is 0. The Morgan fingerprint density at radius 1 is 0.952 bits per heavy atom. The maximum Gasteiger partial charge on any atom is 0.0667 e. The smallest absolute Gasteiger partial charge is 0.0667 e. The molecule has 0 N–H and O–H groups in total. The van der Waals surface area contributed by atoms with E-state index in [2.05, 4.69) is 54.6 Å². The van der Waals surface area contributed by atoms with Crippen LogP contribution < -0.4 is 0 Å². The van der Waals surface area contributed by atoms with Crippen molar-refractivity contribution in [2.75, 3.05) is 0 Å². The first-order chi connectivity index (χ1) is 9.69. The molecule has 0 saturated carbocycles. The van der Waals surface area contributed by atoms with Gasteiger partial charge in [0.15, 0.2) is 0 Å². The van der Waals surface area contributed by atoms with Gasteiger partial charge in [0, 0.05) is 32.7 Å². The predicted molar refractivity (Wildman–Crippen MR) is 83.3 cm³/mol. The molecule has 1 nitrogen and oxygen atoms in total. The van der Waals surface area contributed by atoms with Gasteiger partial charge in [-0.05, 0) is 24.0 Å². The van der Waals surface area contributed by atoms with Gasteiger partial charge in [-0.1, -0.05) is 56.3 Å². The molecular weight excluding hydrogens is 333 g/mol. The molecule has 0 saturated heterocycles. The monoisotopic (exact) mass is 352 g/mol. The quantitative estimate of drug-likeness (QED) is 0.574. The number of hydrogen-bond acceptors (Lipinski definition) is 1. The molecule has 2 aromatic carbocycles. The maximum atomic E-state index is 11.4. The molecule has 0 fully saturated rings. The number of benzene rings is 2. The van der Waals surface area contributed by atoms with E-state index >= 15 is 0 Å². The van der Waals surface area contributed by atoms with E-state index in [4.69, 9.17) is 0 Å². The van der Waals surface area contributed by atoms with Crippen molar-refractivity contribution in [3.8, 4) is 0 Å². The molecule has 0 unspecified atom stereocenters. The minimum absolute atomic E-state index is 0. The van der Waals surface area contributed by atoms with Crippen molar-refractivity contribution in [1.29, 1.82) is 0 Å². The number of Topliss-reactive ketones (excluding diaryl/α,β-unsaturated/α-hetero) is 1. The van der Waals surface area contributed by atoms with E-state index < -0.39 is 0 Å². The Balaban J connectivity index is 0.00000220. The van der Waals surface area contributed by atoms with Crippen molar-refractivity contribution in [2.45, 2.75) is 26.7 Å². The molecule has 2 heteroatoms. The molecule has 2 aromatic rings. The maximum absolute atomic E-state index is 11.4. The van der Waals surface area contributed by atoms with Crippen LogP contribution in [0.5, 0.6) is 0 Å². The van der Waals surface area contributed by atoms with Crippen molar-refractivity contribution in [2.24, 2.45) is 0 Å². The average Bonchev–Trinajstić information content (AvgIpc) is 2.49. The second-order valence-corrected chi connectivity index (χ2v) is 4.89. The molecule has 21 heavy (non-hydrogen) atoms. The summed E-state index contributed by atoms with van der Waals surface area (Å²) in [5, 5.41) is 0. The van der Waals surface area contributed by atoms with Crippen LogP contribution in [0.15, 0.2) is 54.6 Å². The topological polar surface area (TPSA) is 17.1 Å². The van der Waals surface area contributed by atoms with Crippen molar-refractivity contribution in [3.05, 3.63) is 77.4 Å². The minimum Gasteiger partial charge on any atom is -0.317 e. The molecule has 0 aliphatic carbocycles. The summed E-state index contributed by atoms with van der Waals surface area (Å²) in [7, 11) is 0. The van der Waals surface area contributed by atoms with Crippen LogP contribution >= 0.6 is 0 Å². The zero-order chi connectivity index (χ0) is 14.4. The van der Waals surface area contributed by atoms with Gasteiger partial charge in [-0.25, -0.2) is 11.6 Å². The van der Waals surface area contributed by atoms with Crippen LogP contribution in [0.3, 0.4) is 0 Å². The molecular formula is C19H19OY-. The Hall–Kier alpha value is -1.05. The first-order valence-corrected chi connectivity index (χ1v) is 6.95. The molecule has 0 atom stereocenters. The fourth-order valence-corrected chi connectivity index (χ4v) is 2.07. The summed E-state index contributed by atoms with van der Waals surface area (Å²) < 4.78 is 0. The second kappa shape index (κ2) is 9.07. The van der Waals surface area contributed by atoms with Crippen molar-refractivity contribution < 1.29 is 37.5 Å². The Morgan fingerprint density at radius 2 is 1.52 bits per heavy atom. The SMILES string of the molecule is CCC(=O)[C-]=C(C)c1ccc(Cc2ccccc2)cc1.[Y]. The number of hydrogen-bond donors (Lipinski definition) is 0. The summed E-state index contributed by atoms with van der Waals surface area (Å²) in [4.78, 5) is 11.4. The molecule has 0 aromatic heterocycles. The van der Waals surface area contributed by atoms with E-state index in [9.17, 15) is 4.79 Å². The number of allylic oxidation sites excluding steroid dienone is 2. The molecule has 0 heterocycles. The standard InChI is InChI=1S/C19H19O.Y/c1-3-19(20)13-15(2)18-11-9-17(10-12-18)14-16-7-5-4-6-8-16;/h4-12H,3,14H2,1-2H3;/q-1;. The van der Waals surface area contributed by atoms with Gasteiger partial charge in [0.25, 0.3) is 0 Å². The molecule has 105 valence electrons. The summed E-state index contributed by atoms with van der Waals surface area (Å²) in [5.41, 5.74) is 4.54. The number of ketones is 1. The van der Waals surface area contributed by atoms with Gasteiger partial charge in [0.2, 0.25) is 0 Å². The van der Waals surface area contributed by atoms with Gasteiger partial charge in [-0.2, -0.15) is 5.56 Å². The average molecular weight is 352 g/mol. The Morgan fingerprint density at radius 3 is 2.10 bits per heavy atom. The first kappa shape index (κ1) is 18.0. The summed E-state index contributed by atoms with van der Waals surface area (Å²) in [5.74, 6) is 0.0517. The van der Waals surface area contributed by atoms with E-state index in [0.29, 0.717) is 6.42 Å². The van der Waals surface area contributed by atoms with Gasteiger partial charge in [0.05, 0.1) is 5.78 Å². The zero-order valence-corrected chi connectivity index (χ0v) is 15.4. The van der Waals surface area contributed by atoms with Gasteiger partial charge in [-0.15, -0.1) is 12.1 Å².